The van der Waals surface area contributed by atoms with Crippen LogP contribution in [0.3, 0.4) is 0 Å². The molecule has 8 heteroatoms. The molecule has 0 aromatic heterocycles. The maximum Gasteiger partial charge on any atom is 1.00 e. The number of hydrogen-bond acceptors (Lipinski definition) is 5. The van der Waals surface area contributed by atoms with Gasteiger partial charge in [-0.3, -0.25) is 0 Å². The summed E-state index contributed by atoms with van der Waals surface area (Å²) >= 11 is 0. The molecule has 0 radical (unpaired) electrons. The molecular weight excluding hydrogens is 473 g/mol. The fraction of sp³-hybridized carbons (Fsp3) is 0.355. The molecule has 0 amide bonds. The Balaban J connectivity index is 0.00000253. The fourth-order valence-electron chi connectivity index (χ4n) is 5.05. The van der Waals surface area contributed by atoms with E-state index in [1.807, 2.05) is 62.4 Å². The van der Waals surface area contributed by atoms with Gasteiger partial charge in [-0.1, -0.05) is 92.5 Å². The third kappa shape index (κ3) is 6.55. The molecule has 190 valence electrons. The number of benzene rings is 3. The Morgan fingerprint density at radius 3 is 2.26 bits per heavy atom. The van der Waals surface area contributed by atoms with E-state index in [2.05, 4.69) is 6.58 Å². The summed E-state index contributed by atoms with van der Waals surface area (Å²) in [5, 5.41) is 44.3. The zero-order valence-electron chi connectivity index (χ0n) is 24.4. The summed E-state index contributed by atoms with van der Waals surface area (Å²) in [4.78, 5) is 0. The van der Waals surface area contributed by atoms with Crippen molar-refractivity contribution in [1.29, 1.82) is 0 Å². The molecule has 0 saturated heterocycles. The first kappa shape index (κ1) is 35.5. The molecule has 39 heavy (non-hydrogen) atoms. The molecule has 0 aliphatic heterocycles. The van der Waals surface area contributed by atoms with Gasteiger partial charge in [0.1, 0.15) is 12.4 Å². The average Bonchev–Trinajstić information content (AvgIpc) is 2.88. The quantitative estimate of drug-likeness (QED) is 0.215. The molecule has 1 aliphatic rings. The van der Waals surface area contributed by atoms with Crippen LogP contribution >= 0.6 is 0 Å². The minimum Gasteiger partial charge on any atom is -0.872 e. The predicted molar refractivity (Wildman–Crippen MR) is 137 cm³/mol. The molecule has 1 aliphatic carbocycles. The van der Waals surface area contributed by atoms with Gasteiger partial charge < -0.3 is 24.8 Å². The van der Waals surface area contributed by atoms with Crippen LogP contribution in [-0.2, 0) is 16.9 Å². The van der Waals surface area contributed by atoms with Crippen molar-refractivity contribution in [3.8, 4) is 5.75 Å². The van der Waals surface area contributed by atoms with E-state index in [9.17, 15) is 15.3 Å². The molecule has 0 fully saturated rings. The van der Waals surface area contributed by atoms with Gasteiger partial charge in [0.25, 0.3) is 0 Å². The van der Waals surface area contributed by atoms with Crippen molar-refractivity contribution in [2.75, 3.05) is 6.61 Å². The van der Waals surface area contributed by atoms with Crippen molar-refractivity contribution in [3.05, 3.63) is 95.3 Å². The van der Waals surface area contributed by atoms with Gasteiger partial charge in [0.05, 0.1) is 12.4 Å². The normalized spacial score (nSPS) is 19.9. The van der Waals surface area contributed by atoms with Crippen molar-refractivity contribution in [2.24, 2.45) is 5.92 Å². The maximum atomic E-state index is 14.8. The third-order valence-corrected chi connectivity index (χ3v) is 7.12. The van der Waals surface area contributed by atoms with Gasteiger partial charge in [0, 0.05) is 5.39 Å². The van der Waals surface area contributed by atoms with Gasteiger partial charge in [-0.05, 0) is 60.1 Å². The molecule has 0 unspecified atom stereocenters. The number of ether oxygens (including phenoxy) is 2. The predicted octanol–water partition coefficient (Wildman–Crippen LogP) is -4.82. The summed E-state index contributed by atoms with van der Waals surface area (Å²) < 4.78 is 11.7. The Morgan fingerprint density at radius 1 is 0.974 bits per heavy atom. The van der Waals surface area contributed by atoms with Crippen LogP contribution in [0.15, 0.2) is 78.6 Å². The van der Waals surface area contributed by atoms with E-state index in [0.29, 0.717) is 24.2 Å². The smallest absolute Gasteiger partial charge is 0.872 e. The van der Waals surface area contributed by atoms with E-state index >= 15 is 0 Å². The van der Waals surface area contributed by atoms with Crippen LogP contribution < -0.4 is 76.6 Å². The van der Waals surface area contributed by atoms with Crippen molar-refractivity contribution >= 4 is 16.5 Å². The van der Waals surface area contributed by atoms with Crippen LogP contribution in [0.25, 0.3) is 16.5 Å². The second-order valence-electron chi connectivity index (χ2n) is 9.90. The van der Waals surface area contributed by atoms with Gasteiger partial charge in [0.2, 0.25) is 0 Å². The SMILES string of the molecule is C=C(OCC)[C@@]1([O-])C(C)=C([O-])c2cc3cccc(OCc4ccccc4)c3cc2[C@]1([O-])CCC(C)C.[Li+].[Li+].[Li+]. The van der Waals surface area contributed by atoms with E-state index in [-0.39, 0.29) is 98.0 Å². The Hall–Kier alpha value is -1.49. The standard InChI is InChI=1S/C31H34O5.3Li/c1-6-35-22(5)31(34)21(4)29(32)26-17-24-13-10-14-28(36-19-23-11-8-7-9-12-23)25(24)18-27(26)30(31,33)16-15-20(2)3;;;/h7-14,17-18,20,32H,5-6,15-16,19H2,1-4H3;;;/q-2;3*+1/p-1/t30-,31+;;;/m1.../s1. The minimum atomic E-state index is -2.42. The Labute approximate surface area is 268 Å². The molecule has 5 nitrogen and oxygen atoms in total. The van der Waals surface area contributed by atoms with Crippen LogP contribution in [0, 0.1) is 5.92 Å². The van der Waals surface area contributed by atoms with Crippen LogP contribution in [-0.4, -0.2) is 12.2 Å². The van der Waals surface area contributed by atoms with Crippen LogP contribution in [0.4, 0.5) is 0 Å². The molecule has 4 rings (SSSR count). The van der Waals surface area contributed by atoms with Gasteiger partial charge in [-0.2, -0.15) is 0 Å². The summed E-state index contributed by atoms with van der Waals surface area (Å²) in [6, 6.07) is 18.8. The van der Waals surface area contributed by atoms with Crippen LogP contribution in [0.2, 0.25) is 0 Å². The second-order valence-corrected chi connectivity index (χ2v) is 9.90. The summed E-state index contributed by atoms with van der Waals surface area (Å²) in [6.45, 7) is 11.6. The minimum absolute atomic E-state index is 0. The first-order valence-corrected chi connectivity index (χ1v) is 12.5. The van der Waals surface area contributed by atoms with Gasteiger partial charge in [-0.25, -0.2) is 0 Å². The summed E-state index contributed by atoms with van der Waals surface area (Å²) in [7, 11) is 0. The Bertz CT molecular complexity index is 1310. The number of rotatable bonds is 9. The molecule has 0 bridgehead atoms. The van der Waals surface area contributed by atoms with Gasteiger partial charge >= 0.3 is 56.6 Å². The van der Waals surface area contributed by atoms with Crippen molar-refractivity contribution in [3.63, 3.8) is 0 Å². The fourth-order valence-corrected chi connectivity index (χ4v) is 5.05. The first-order valence-electron chi connectivity index (χ1n) is 12.5. The zero-order valence-corrected chi connectivity index (χ0v) is 24.4. The topological polar surface area (TPSA) is 87.6 Å². The molecule has 3 aromatic rings. The van der Waals surface area contributed by atoms with E-state index < -0.39 is 17.0 Å². The molecule has 2 atom stereocenters. The molecule has 0 saturated carbocycles. The Morgan fingerprint density at radius 2 is 1.64 bits per heavy atom. The summed E-state index contributed by atoms with van der Waals surface area (Å²) in [6.07, 6.45) is 0.578. The van der Waals surface area contributed by atoms with Crippen molar-refractivity contribution in [2.45, 2.75) is 58.3 Å². The maximum absolute atomic E-state index is 14.8. The van der Waals surface area contributed by atoms with Crippen LogP contribution in [0.5, 0.6) is 5.75 Å². The zero-order chi connectivity index (χ0) is 26.1. The molecule has 0 N–H and O–H groups in total. The van der Waals surface area contributed by atoms with Crippen molar-refractivity contribution < 1.29 is 81.4 Å². The monoisotopic (exact) mass is 506 g/mol. The van der Waals surface area contributed by atoms with Crippen molar-refractivity contribution in [1.82, 2.24) is 0 Å². The Kier molecular flexibility index (Phi) is 13.1. The van der Waals surface area contributed by atoms with Gasteiger partial charge in [-0.15, -0.1) is 5.76 Å². The van der Waals surface area contributed by atoms with Gasteiger partial charge in [0.15, 0.2) is 0 Å². The first-order chi connectivity index (χ1) is 17.1. The average molecular weight is 506 g/mol. The third-order valence-electron chi connectivity index (χ3n) is 7.12. The van der Waals surface area contributed by atoms with Crippen LogP contribution in [0.1, 0.15) is 57.2 Å². The number of hydrogen-bond donors (Lipinski definition) is 0. The second kappa shape index (κ2) is 14.4. The van der Waals surface area contributed by atoms with E-state index in [1.165, 1.54) is 6.92 Å². The van der Waals surface area contributed by atoms with E-state index in [1.54, 1.807) is 19.1 Å². The summed E-state index contributed by atoms with van der Waals surface area (Å²) in [5.74, 6) is 0.152. The number of fused-ring (bicyclic) bond motifs is 2. The molecule has 0 heterocycles. The largest absolute Gasteiger partial charge is 1.00 e. The van der Waals surface area contributed by atoms with E-state index in [4.69, 9.17) is 9.47 Å². The molecule has 3 aromatic carbocycles. The molecule has 0 spiro atoms. The molecular formula is C31H33Li3O5. The summed E-state index contributed by atoms with van der Waals surface area (Å²) in [5.41, 5.74) is -3.18. The van der Waals surface area contributed by atoms with E-state index in [0.717, 1.165) is 10.9 Å².